The van der Waals surface area contributed by atoms with Gasteiger partial charge in [0.1, 0.15) is 0 Å². The van der Waals surface area contributed by atoms with Crippen molar-refractivity contribution in [2.45, 2.75) is 19.4 Å². The average Bonchev–Trinajstić information content (AvgIpc) is 2.35. The van der Waals surface area contributed by atoms with E-state index in [2.05, 4.69) is 17.3 Å². The number of benzene rings is 1. The number of hydrogen-bond acceptors (Lipinski definition) is 3. The highest BCUT2D eigenvalue weighted by Crippen LogP contribution is 2.22. The van der Waals surface area contributed by atoms with Crippen LogP contribution < -0.4 is 0 Å². The zero-order valence-corrected chi connectivity index (χ0v) is 11.0. The van der Waals surface area contributed by atoms with Crippen molar-refractivity contribution < 1.29 is 5.11 Å². The lowest BCUT2D eigenvalue weighted by molar-refractivity contribution is 0.175. The zero-order chi connectivity index (χ0) is 12.3. The number of pyridine rings is 1. The molecule has 0 saturated carbocycles. The SMILES string of the molecule is CSCCC(O)c1ccc2nc(C)ccc2c1. The van der Waals surface area contributed by atoms with Crippen LogP contribution in [0.2, 0.25) is 0 Å². The van der Waals surface area contributed by atoms with E-state index in [1.165, 1.54) is 0 Å². The first kappa shape index (κ1) is 12.4. The number of thioether (sulfide) groups is 1. The zero-order valence-electron chi connectivity index (χ0n) is 10.2. The van der Waals surface area contributed by atoms with Crippen molar-refractivity contribution in [3.05, 3.63) is 41.6 Å². The van der Waals surface area contributed by atoms with Crippen molar-refractivity contribution in [2.75, 3.05) is 12.0 Å². The fourth-order valence-electron chi connectivity index (χ4n) is 1.85. The molecule has 1 heterocycles. The summed E-state index contributed by atoms with van der Waals surface area (Å²) in [5.41, 5.74) is 3.00. The van der Waals surface area contributed by atoms with Gasteiger partial charge in [0.25, 0.3) is 0 Å². The van der Waals surface area contributed by atoms with Gasteiger partial charge in [0.15, 0.2) is 0 Å². The van der Waals surface area contributed by atoms with Crippen LogP contribution in [0.3, 0.4) is 0 Å². The maximum absolute atomic E-state index is 10.0. The number of fused-ring (bicyclic) bond motifs is 1. The molecule has 1 N–H and O–H groups in total. The molecule has 0 radical (unpaired) electrons. The third kappa shape index (κ3) is 2.99. The number of aryl methyl sites for hydroxylation is 1. The van der Waals surface area contributed by atoms with Gasteiger partial charge in [-0.05, 0) is 49.1 Å². The molecule has 0 aliphatic carbocycles. The van der Waals surface area contributed by atoms with Gasteiger partial charge in [-0.1, -0.05) is 12.1 Å². The van der Waals surface area contributed by atoms with Crippen LogP contribution in [0.25, 0.3) is 10.9 Å². The number of aromatic nitrogens is 1. The lowest BCUT2D eigenvalue weighted by Gasteiger charge is -2.11. The summed E-state index contributed by atoms with van der Waals surface area (Å²) in [6.07, 6.45) is 2.49. The molecule has 2 rings (SSSR count). The minimum Gasteiger partial charge on any atom is -0.388 e. The fraction of sp³-hybridized carbons (Fsp3) is 0.357. The molecule has 0 fully saturated rings. The van der Waals surface area contributed by atoms with E-state index in [0.717, 1.165) is 34.3 Å². The molecule has 0 spiro atoms. The molecule has 0 bridgehead atoms. The molecule has 1 atom stereocenters. The predicted molar refractivity (Wildman–Crippen MR) is 74.4 cm³/mol. The van der Waals surface area contributed by atoms with E-state index in [9.17, 15) is 5.11 Å². The van der Waals surface area contributed by atoms with Gasteiger partial charge in [0, 0.05) is 11.1 Å². The summed E-state index contributed by atoms with van der Waals surface area (Å²) in [5, 5.41) is 11.1. The molecule has 3 heteroatoms. The second-order valence-electron chi connectivity index (χ2n) is 4.20. The van der Waals surface area contributed by atoms with Gasteiger partial charge in [0.05, 0.1) is 11.6 Å². The second kappa shape index (κ2) is 5.52. The Bertz CT molecular complexity index is 513. The number of rotatable bonds is 4. The summed E-state index contributed by atoms with van der Waals surface area (Å²) >= 11 is 1.76. The smallest absolute Gasteiger partial charge is 0.0798 e. The van der Waals surface area contributed by atoms with Crippen molar-refractivity contribution in [1.82, 2.24) is 4.98 Å². The first-order chi connectivity index (χ1) is 8.20. The molecule has 0 aliphatic heterocycles. The molecule has 2 aromatic rings. The highest BCUT2D eigenvalue weighted by atomic mass is 32.2. The van der Waals surface area contributed by atoms with Crippen LogP contribution in [0.1, 0.15) is 23.8 Å². The van der Waals surface area contributed by atoms with Gasteiger partial charge < -0.3 is 5.11 Å². The van der Waals surface area contributed by atoms with Crippen LogP contribution in [0.15, 0.2) is 30.3 Å². The molecule has 0 amide bonds. The Balaban J connectivity index is 2.28. The van der Waals surface area contributed by atoms with Gasteiger partial charge in [0.2, 0.25) is 0 Å². The Morgan fingerprint density at radius 1 is 1.29 bits per heavy atom. The standard InChI is InChI=1S/C14H17NOS/c1-10-3-4-11-9-12(5-6-13(11)15-10)14(16)7-8-17-2/h3-6,9,14,16H,7-8H2,1-2H3. The number of nitrogens with zero attached hydrogens (tertiary/aromatic N) is 1. The minimum atomic E-state index is -0.367. The van der Waals surface area contributed by atoms with Gasteiger partial charge >= 0.3 is 0 Å². The van der Waals surface area contributed by atoms with Crippen LogP contribution in [-0.2, 0) is 0 Å². The Morgan fingerprint density at radius 3 is 2.88 bits per heavy atom. The number of aliphatic hydroxyl groups excluding tert-OH is 1. The predicted octanol–water partition coefficient (Wildman–Crippen LogP) is 3.33. The Kier molecular flexibility index (Phi) is 4.02. The number of hydrogen-bond donors (Lipinski definition) is 1. The summed E-state index contributed by atoms with van der Waals surface area (Å²) in [7, 11) is 0. The van der Waals surface area contributed by atoms with Crippen molar-refractivity contribution in [2.24, 2.45) is 0 Å². The molecule has 0 saturated heterocycles. The van der Waals surface area contributed by atoms with E-state index in [0.29, 0.717) is 0 Å². The van der Waals surface area contributed by atoms with E-state index in [1.807, 2.05) is 31.2 Å². The molecule has 90 valence electrons. The Labute approximate surface area is 106 Å². The average molecular weight is 247 g/mol. The third-order valence-electron chi connectivity index (χ3n) is 2.83. The first-order valence-electron chi connectivity index (χ1n) is 5.75. The molecule has 17 heavy (non-hydrogen) atoms. The molecule has 0 aliphatic rings. The maximum Gasteiger partial charge on any atom is 0.0798 e. The third-order valence-corrected chi connectivity index (χ3v) is 3.48. The monoisotopic (exact) mass is 247 g/mol. The molecule has 1 aromatic carbocycles. The van der Waals surface area contributed by atoms with Crippen molar-refractivity contribution >= 4 is 22.7 Å². The molecule has 2 nitrogen and oxygen atoms in total. The normalized spacial score (nSPS) is 12.9. The van der Waals surface area contributed by atoms with E-state index in [-0.39, 0.29) is 6.10 Å². The maximum atomic E-state index is 10.0. The van der Waals surface area contributed by atoms with E-state index < -0.39 is 0 Å². The van der Waals surface area contributed by atoms with Crippen LogP contribution in [0, 0.1) is 6.92 Å². The van der Waals surface area contributed by atoms with Crippen LogP contribution in [-0.4, -0.2) is 22.1 Å². The minimum absolute atomic E-state index is 0.367. The highest BCUT2D eigenvalue weighted by Gasteiger charge is 2.07. The second-order valence-corrected chi connectivity index (χ2v) is 5.19. The van der Waals surface area contributed by atoms with Gasteiger partial charge in [-0.25, -0.2) is 0 Å². The molecule has 1 unspecified atom stereocenters. The first-order valence-corrected chi connectivity index (χ1v) is 7.14. The highest BCUT2D eigenvalue weighted by molar-refractivity contribution is 7.98. The summed E-state index contributed by atoms with van der Waals surface area (Å²) < 4.78 is 0. The van der Waals surface area contributed by atoms with Gasteiger partial charge in [-0.15, -0.1) is 0 Å². The van der Waals surface area contributed by atoms with Crippen LogP contribution in [0.5, 0.6) is 0 Å². The lowest BCUT2D eigenvalue weighted by atomic mass is 10.0. The number of aliphatic hydroxyl groups is 1. The van der Waals surface area contributed by atoms with E-state index in [4.69, 9.17) is 0 Å². The summed E-state index contributed by atoms with van der Waals surface area (Å²) in [6.45, 7) is 1.99. The van der Waals surface area contributed by atoms with E-state index in [1.54, 1.807) is 11.8 Å². The fourth-order valence-corrected chi connectivity index (χ4v) is 2.31. The lowest BCUT2D eigenvalue weighted by Crippen LogP contribution is -1.99. The van der Waals surface area contributed by atoms with Crippen LogP contribution >= 0.6 is 11.8 Å². The van der Waals surface area contributed by atoms with Gasteiger partial charge in [-0.3, -0.25) is 4.98 Å². The topological polar surface area (TPSA) is 33.1 Å². The Morgan fingerprint density at radius 2 is 2.12 bits per heavy atom. The van der Waals surface area contributed by atoms with Crippen molar-refractivity contribution in [1.29, 1.82) is 0 Å². The molecular weight excluding hydrogens is 230 g/mol. The van der Waals surface area contributed by atoms with Crippen LogP contribution in [0.4, 0.5) is 0 Å². The van der Waals surface area contributed by atoms with Gasteiger partial charge in [-0.2, -0.15) is 11.8 Å². The summed E-state index contributed by atoms with van der Waals surface area (Å²) in [4.78, 5) is 4.45. The summed E-state index contributed by atoms with van der Waals surface area (Å²) in [6, 6.07) is 10.1. The largest absolute Gasteiger partial charge is 0.388 e. The molecular formula is C14H17NOS. The van der Waals surface area contributed by atoms with E-state index >= 15 is 0 Å². The quantitative estimate of drug-likeness (QED) is 0.899. The Hall–Kier alpha value is -1.06. The molecule has 1 aromatic heterocycles. The summed E-state index contributed by atoms with van der Waals surface area (Å²) in [5.74, 6) is 0.978. The van der Waals surface area contributed by atoms with Crippen molar-refractivity contribution in [3.63, 3.8) is 0 Å². The van der Waals surface area contributed by atoms with Crippen molar-refractivity contribution in [3.8, 4) is 0 Å².